The van der Waals surface area contributed by atoms with Crippen LogP contribution >= 0.6 is 0 Å². The molecule has 0 spiro atoms. The van der Waals surface area contributed by atoms with E-state index < -0.39 is 12.0 Å². The van der Waals surface area contributed by atoms with Gasteiger partial charge in [0.2, 0.25) is 0 Å². The molecule has 0 aliphatic carbocycles. The van der Waals surface area contributed by atoms with Crippen molar-refractivity contribution in [1.82, 2.24) is 10.9 Å². The summed E-state index contributed by atoms with van der Waals surface area (Å²) in [6, 6.07) is 3.53. The van der Waals surface area contributed by atoms with Crippen LogP contribution < -0.4 is 15.6 Å². The van der Waals surface area contributed by atoms with Gasteiger partial charge in [-0.15, -0.1) is 0 Å². The number of aliphatic carboxylic acids is 1. The molecule has 98 valence electrons. The van der Waals surface area contributed by atoms with Crippen molar-refractivity contribution >= 4 is 5.97 Å². The molecule has 2 unspecified atom stereocenters. The number of hydrazine groups is 1. The molecule has 2 atom stereocenters. The smallest absolute Gasteiger partial charge is 0.322 e. The summed E-state index contributed by atoms with van der Waals surface area (Å²) in [7, 11) is 1.65. The van der Waals surface area contributed by atoms with E-state index in [1.807, 2.05) is 19.9 Å². The lowest BCUT2D eigenvalue weighted by Gasteiger charge is -2.16. The minimum absolute atomic E-state index is 0.0238. The molecule has 18 heavy (non-hydrogen) atoms. The van der Waals surface area contributed by atoms with E-state index in [2.05, 4.69) is 16.9 Å². The Bertz CT molecular complexity index is 474. The predicted molar refractivity (Wildman–Crippen MR) is 67.5 cm³/mol. The van der Waals surface area contributed by atoms with Crippen molar-refractivity contribution in [2.24, 2.45) is 0 Å². The molecule has 1 fully saturated rings. The Morgan fingerprint density at radius 1 is 1.33 bits per heavy atom. The van der Waals surface area contributed by atoms with Crippen LogP contribution in [0.25, 0.3) is 0 Å². The Kier molecular flexibility index (Phi) is 3.54. The van der Waals surface area contributed by atoms with Crippen molar-refractivity contribution in [3.63, 3.8) is 0 Å². The minimum Gasteiger partial charge on any atom is -0.496 e. The third-order valence-corrected chi connectivity index (χ3v) is 3.36. The highest BCUT2D eigenvalue weighted by atomic mass is 16.5. The summed E-state index contributed by atoms with van der Waals surface area (Å²) in [6.45, 7) is 3.99. The second-order valence-corrected chi connectivity index (χ2v) is 4.65. The van der Waals surface area contributed by atoms with Crippen LogP contribution in [0.15, 0.2) is 12.1 Å². The third kappa shape index (κ3) is 2.32. The molecule has 1 aliphatic heterocycles. The van der Waals surface area contributed by atoms with Crippen molar-refractivity contribution in [3.05, 3.63) is 28.8 Å². The number of methoxy groups -OCH3 is 1. The van der Waals surface area contributed by atoms with Gasteiger partial charge in [0.05, 0.1) is 7.11 Å². The van der Waals surface area contributed by atoms with E-state index in [1.54, 1.807) is 7.11 Å². The van der Waals surface area contributed by atoms with Crippen LogP contribution in [-0.2, 0) is 4.79 Å². The molecule has 5 heteroatoms. The molecule has 2 rings (SSSR count). The monoisotopic (exact) mass is 250 g/mol. The average molecular weight is 250 g/mol. The van der Waals surface area contributed by atoms with Gasteiger partial charge in [-0.25, -0.2) is 10.9 Å². The van der Waals surface area contributed by atoms with Crippen molar-refractivity contribution < 1.29 is 14.6 Å². The molecule has 5 nitrogen and oxygen atoms in total. The Morgan fingerprint density at radius 3 is 2.61 bits per heavy atom. The van der Waals surface area contributed by atoms with Crippen LogP contribution in [0, 0.1) is 13.8 Å². The van der Waals surface area contributed by atoms with Gasteiger partial charge in [0.15, 0.2) is 0 Å². The van der Waals surface area contributed by atoms with Gasteiger partial charge in [-0.3, -0.25) is 4.79 Å². The highest BCUT2D eigenvalue weighted by molar-refractivity contribution is 5.73. The average Bonchev–Trinajstić information content (AvgIpc) is 2.81. The first-order valence-electron chi connectivity index (χ1n) is 5.92. The third-order valence-electron chi connectivity index (χ3n) is 3.36. The largest absolute Gasteiger partial charge is 0.496 e. The lowest BCUT2D eigenvalue weighted by Crippen LogP contribution is -2.36. The molecule has 1 saturated heterocycles. The van der Waals surface area contributed by atoms with Gasteiger partial charge < -0.3 is 9.84 Å². The van der Waals surface area contributed by atoms with Gasteiger partial charge in [-0.1, -0.05) is 6.07 Å². The second-order valence-electron chi connectivity index (χ2n) is 4.65. The van der Waals surface area contributed by atoms with Gasteiger partial charge in [0.1, 0.15) is 11.8 Å². The van der Waals surface area contributed by atoms with Crippen LogP contribution in [0.2, 0.25) is 0 Å². The standard InChI is InChI=1S/C13H18N2O3/c1-7-5-12(18-3)8(2)4-9(7)10-6-11(13(16)17)15-14-10/h4-5,10-11,14-15H,6H2,1-3H3,(H,16,17). The van der Waals surface area contributed by atoms with E-state index in [9.17, 15) is 4.79 Å². The van der Waals surface area contributed by atoms with Crippen molar-refractivity contribution in [2.75, 3.05) is 7.11 Å². The molecule has 1 aromatic carbocycles. The van der Waals surface area contributed by atoms with Crippen LogP contribution in [0.1, 0.15) is 29.2 Å². The maximum absolute atomic E-state index is 10.9. The summed E-state index contributed by atoms with van der Waals surface area (Å²) in [5.74, 6) is 0.0323. The summed E-state index contributed by atoms with van der Waals surface area (Å²) in [5.41, 5.74) is 9.11. The van der Waals surface area contributed by atoms with E-state index in [1.165, 1.54) is 0 Å². The first kappa shape index (κ1) is 12.9. The Labute approximate surface area is 106 Å². The summed E-state index contributed by atoms with van der Waals surface area (Å²) >= 11 is 0. The van der Waals surface area contributed by atoms with Crippen molar-refractivity contribution in [2.45, 2.75) is 32.4 Å². The molecule has 1 heterocycles. The summed E-state index contributed by atoms with van der Waals surface area (Å²) < 4.78 is 5.27. The number of hydrogen-bond acceptors (Lipinski definition) is 4. The first-order valence-corrected chi connectivity index (χ1v) is 5.92. The topological polar surface area (TPSA) is 70.6 Å². The number of carboxylic acids is 1. The zero-order valence-corrected chi connectivity index (χ0v) is 10.8. The Balaban J connectivity index is 2.25. The highest BCUT2D eigenvalue weighted by Crippen LogP contribution is 2.30. The summed E-state index contributed by atoms with van der Waals surface area (Å²) in [4.78, 5) is 10.9. The fraction of sp³-hybridized carbons (Fsp3) is 0.462. The lowest BCUT2D eigenvalue weighted by molar-refractivity contribution is -0.139. The van der Waals surface area contributed by atoms with E-state index in [4.69, 9.17) is 9.84 Å². The highest BCUT2D eigenvalue weighted by Gasteiger charge is 2.30. The quantitative estimate of drug-likeness (QED) is 0.754. The molecular weight excluding hydrogens is 232 g/mol. The number of ether oxygens (including phenoxy) is 1. The van der Waals surface area contributed by atoms with Crippen LogP contribution in [0.3, 0.4) is 0 Å². The van der Waals surface area contributed by atoms with E-state index in [0.29, 0.717) is 6.42 Å². The zero-order valence-electron chi connectivity index (χ0n) is 10.8. The van der Waals surface area contributed by atoms with Crippen LogP contribution in [-0.4, -0.2) is 24.2 Å². The van der Waals surface area contributed by atoms with Crippen molar-refractivity contribution in [1.29, 1.82) is 0 Å². The number of nitrogens with one attached hydrogen (secondary N) is 2. The fourth-order valence-electron chi connectivity index (χ4n) is 2.33. The van der Waals surface area contributed by atoms with Gasteiger partial charge in [0, 0.05) is 6.04 Å². The van der Waals surface area contributed by atoms with Crippen molar-refractivity contribution in [3.8, 4) is 5.75 Å². The van der Waals surface area contributed by atoms with E-state index >= 15 is 0 Å². The van der Waals surface area contributed by atoms with E-state index in [0.717, 1.165) is 22.4 Å². The number of aryl methyl sites for hydroxylation is 2. The van der Waals surface area contributed by atoms with Gasteiger partial charge >= 0.3 is 5.97 Å². The van der Waals surface area contributed by atoms with Gasteiger partial charge in [0.25, 0.3) is 0 Å². The molecule has 3 N–H and O–H groups in total. The summed E-state index contributed by atoms with van der Waals surface area (Å²) in [6.07, 6.45) is 0.544. The number of carboxylic acid groups (broad SMARTS) is 1. The normalized spacial score (nSPS) is 23.1. The molecule has 0 saturated carbocycles. The number of benzene rings is 1. The molecule has 1 aromatic rings. The Hall–Kier alpha value is -1.59. The fourth-order valence-corrected chi connectivity index (χ4v) is 2.33. The maximum Gasteiger partial charge on any atom is 0.322 e. The molecule has 0 bridgehead atoms. The first-order chi connectivity index (χ1) is 8.52. The second kappa shape index (κ2) is 4.96. The predicted octanol–water partition coefficient (Wildman–Crippen LogP) is 1.30. The number of carbonyl (C=O) groups is 1. The van der Waals surface area contributed by atoms with Gasteiger partial charge in [-0.2, -0.15) is 0 Å². The van der Waals surface area contributed by atoms with Crippen LogP contribution in [0.4, 0.5) is 0 Å². The number of rotatable bonds is 3. The Morgan fingerprint density at radius 2 is 2.06 bits per heavy atom. The van der Waals surface area contributed by atoms with E-state index in [-0.39, 0.29) is 6.04 Å². The molecule has 0 radical (unpaired) electrons. The zero-order chi connectivity index (χ0) is 13.3. The van der Waals surface area contributed by atoms with Gasteiger partial charge in [-0.05, 0) is 43.0 Å². The molecule has 0 aromatic heterocycles. The minimum atomic E-state index is -0.826. The molecular formula is C13H18N2O3. The maximum atomic E-state index is 10.9. The van der Waals surface area contributed by atoms with Crippen LogP contribution in [0.5, 0.6) is 5.75 Å². The molecule has 0 amide bonds. The lowest BCUT2D eigenvalue weighted by atomic mass is 9.95. The molecule has 1 aliphatic rings. The number of hydrogen-bond donors (Lipinski definition) is 3. The SMILES string of the molecule is COc1cc(C)c(C2CC(C(=O)O)NN2)cc1C. The summed E-state index contributed by atoms with van der Waals surface area (Å²) in [5, 5.41) is 8.96.